The van der Waals surface area contributed by atoms with Crippen molar-refractivity contribution in [3.63, 3.8) is 0 Å². The number of H-pyrrole nitrogens is 1. The van der Waals surface area contributed by atoms with Crippen LogP contribution in [0.1, 0.15) is 12.5 Å². The molecule has 1 aliphatic heterocycles. The van der Waals surface area contributed by atoms with Gasteiger partial charge in [0.1, 0.15) is 0 Å². The summed E-state index contributed by atoms with van der Waals surface area (Å²) in [5.74, 6) is 1.98. The summed E-state index contributed by atoms with van der Waals surface area (Å²) >= 11 is 1.68. The third kappa shape index (κ3) is 3.77. The number of imidazole rings is 1. The number of anilines is 1. The number of piperazine rings is 1. The van der Waals surface area contributed by atoms with Crippen LogP contribution < -0.4 is 4.90 Å². The van der Waals surface area contributed by atoms with E-state index in [0.29, 0.717) is 0 Å². The van der Waals surface area contributed by atoms with Gasteiger partial charge in [0.15, 0.2) is 5.16 Å². The summed E-state index contributed by atoms with van der Waals surface area (Å²) < 4.78 is 0. The number of nitrogens with one attached hydrogen (secondary N) is 1. The Balaban J connectivity index is 1.34. The summed E-state index contributed by atoms with van der Waals surface area (Å²) in [6.07, 6.45) is 3.91. The van der Waals surface area contributed by atoms with Gasteiger partial charge in [-0.05, 0) is 17.9 Å². The van der Waals surface area contributed by atoms with Gasteiger partial charge in [-0.15, -0.1) is 0 Å². The van der Waals surface area contributed by atoms with Crippen LogP contribution in [-0.2, 0) is 6.54 Å². The zero-order chi connectivity index (χ0) is 17.1. The summed E-state index contributed by atoms with van der Waals surface area (Å²) in [6, 6.07) is 8.18. The lowest BCUT2D eigenvalue weighted by Crippen LogP contribution is -2.46. The summed E-state index contributed by atoms with van der Waals surface area (Å²) in [4.78, 5) is 21.7. The van der Waals surface area contributed by atoms with Crippen molar-refractivity contribution in [1.29, 1.82) is 0 Å². The fourth-order valence-corrected chi connectivity index (χ4v) is 3.61. The number of hydrogen-bond donors (Lipinski definition) is 1. The molecule has 1 saturated heterocycles. The quantitative estimate of drug-likeness (QED) is 0.562. The van der Waals surface area contributed by atoms with Crippen LogP contribution in [0.25, 0.3) is 11.0 Å². The van der Waals surface area contributed by atoms with E-state index in [1.165, 1.54) is 5.56 Å². The maximum absolute atomic E-state index is 4.70. The van der Waals surface area contributed by atoms with Crippen molar-refractivity contribution in [2.45, 2.75) is 18.6 Å². The second-order valence-electron chi connectivity index (χ2n) is 6.15. The molecule has 130 valence electrons. The van der Waals surface area contributed by atoms with Crippen LogP contribution in [0.4, 0.5) is 5.95 Å². The molecule has 1 fully saturated rings. The van der Waals surface area contributed by atoms with Gasteiger partial charge in [-0.2, -0.15) is 0 Å². The molecule has 6 nitrogen and oxygen atoms in total. The molecule has 0 aliphatic carbocycles. The number of aromatic amines is 1. The summed E-state index contributed by atoms with van der Waals surface area (Å²) in [5.41, 5.74) is 3.31. The van der Waals surface area contributed by atoms with E-state index in [-0.39, 0.29) is 0 Å². The van der Waals surface area contributed by atoms with Gasteiger partial charge in [0, 0.05) is 50.7 Å². The monoisotopic (exact) mass is 354 g/mol. The van der Waals surface area contributed by atoms with Gasteiger partial charge >= 0.3 is 0 Å². The molecule has 1 aliphatic rings. The number of rotatable bonds is 5. The minimum absolute atomic E-state index is 0.862. The van der Waals surface area contributed by atoms with E-state index in [1.807, 2.05) is 30.6 Å². The summed E-state index contributed by atoms with van der Waals surface area (Å²) in [7, 11) is 0. The molecule has 0 bridgehead atoms. The van der Waals surface area contributed by atoms with Crippen LogP contribution in [0.3, 0.4) is 0 Å². The first kappa shape index (κ1) is 16.4. The molecular formula is C18H22N6S. The van der Waals surface area contributed by atoms with Gasteiger partial charge in [-0.25, -0.2) is 15.0 Å². The number of hydrogen-bond acceptors (Lipinski definition) is 6. The molecule has 0 amide bonds. The average molecular weight is 354 g/mol. The maximum Gasteiger partial charge on any atom is 0.203 e. The number of nitrogens with zero attached hydrogens (tertiary/aromatic N) is 5. The highest BCUT2D eigenvalue weighted by Gasteiger charge is 2.19. The molecule has 0 saturated carbocycles. The predicted molar refractivity (Wildman–Crippen MR) is 102 cm³/mol. The first-order valence-corrected chi connectivity index (χ1v) is 9.66. The van der Waals surface area contributed by atoms with Crippen molar-refractivity contribution in [2.24, 2.45) is 0 Å². The highest BCUT2D eigenvalue weighted by atomic mass is 32.2. The fraction of sp³-hybridized carbons (Fsp3) is 0.389. The predicted octanol–water partition coefficient (Wildman–Crippen LogP) is 2.79. The SMILES string of the molecule is CCSc1ncc(CN2CCN(c3nc4ccccc4[nH]3)CC2)cn1. The van der Waals surface area contributed by atoms with E-state index in [1.54, 1.807) is 11.8 Å². The molecule has 0 spiro atoms. The Labute approximate surface area is 151 Å². The van der Waals surface area contributed by atoms with Gasteiger partial charge in [0.05, 0.1) is 11.0 Å². The minimum atomic E-state index is 0.862. The van der Waals surface area contributed by atoms with Crippen LogP contribution in [-0.4, -0.2) is 56.8 Å². The molecule has 1 N–H and O–H groups in total. The van der Waals surface area contributed by atoms with E-state index in [4.69, 9.17) is 4.98 Å². The highest BCUT2D eigenvalue weighted by Crippen LogP contribution is 2.19. The topological polar surface area (TPSA) is 60.9 Å². The molecule has 4 rings (SSSR count). The van der Waals surface area contributed by atoms with Crippen molar-refractivity contribution >= 4 is 28.7 Å². The first-order valence-electron chi connectivity index (χ1n) is 8.67. The molecule has 7 heteroatoms. The molecule has 1 aromatic carbocycles. The Morgan fingerprint density at radius 2 is 1.84 bits per heavy atom. The molecule has 0 unspecified atom stereocenters. The van der Waals surface area contributed by atoms with Crippen molar-refractivity contribution in [3.05, 3.63) is 42.2 Å². The third-order valence-corrected chi connectivity index (χ3v) is 5.17. The van der Waals surface area contributed by atoms with Gasteiger partial charge in [0.25, 0.3) is 0 Å². The lowest BCUT2D eigenvalue weighted by molar-refractivity contribution is 0.248. The van der Waals surface area contributed by atoms with Gasteiger partial charge in [-0.3, -0.25) is 4.90 Å². The van der Waals surface area contributed by atoms with Crippen LogP contribution in [0.2, 0.25) is 0 Å². The van der Waals surface area contributed by atoms with Crippen LogP contribution >= 0.6 is 11.8 Å². The number of thioether (sulfide) groups is 1. The Morgan fingerprint density at radius 1 is 1.08 bits per heavy atom. The van der Waals surface area contributed by atoms with Crippen LogP contribution in [0, 0.1) is 0 Å². The van der Waals surface area contributed by atoms with Crippen molar-refractivity contribution in [2.75, 3.05) is 36.8 Å². The zero-order valence-corrected chi connectivity index (χ0v) is 15.2. The molecule has 3 aromatic rings. The van der Waals surface area contributed by atoms with E-state index in [2.05, 4.69) is 37.7 Å². The number of fused-ring (bicyclic) bond motifs is 1. The molecular weight excluding hydrogens is 332 g/mol. The Morgan fingerprint density at radius 3 is 2.56 bits per heavy atom. The third-order valence-electron chi connectivity index (χ3n) is 4.41. The Kier molecular flexibility index (Phi) is 4.85. The maximum atomic E-state index is 4.70. The lowest BCUT2D eigenvalue weighted by Gasteiger charge is -2.34. The van der Waals surface area contributed by atoms with Gasteiger partial charge < -0.3 is 9.88 Å². The van der Waals surface area contributed by atoms with E-state index >= 15 is 0 Å². The molecule has 3 heterocycles. The normalized spacial score (nSPS) is 15.8. The summed E-state index contributed by atoms with van der Waals surface area (Å²) in [6.45, 7) is 7.01. The fourth-order valence-electron chi connectivity index (χ4n) is 3.09. The number of benzene rings is 1. The second kappa shape index (κ2) is 7.41. The van der Waals surface area contributed by atoms with Crippen molar-refractivity contribution in [3.8, 4) is 0 Å². The van der Waals surface area contributed by atoms with Gasteiger partial charge in [0.2, 0.25) is 5.95 Å². The minimum Gasteiger partial charge on any atom is -0.340 e. The molecule has 0 atom stereocenters. The molecule has 25 heavy (non-hydrogen) atoms. The lowest BCUT2D eigenvalue weighted by atomic mass is 10.2. The van der Waals surface area contributed by atoms with E-state index in [9.17, 15) is 0 Å². The average Bonchev–Trinajstić information content (AvgIpc) is 3.08. The standard InChI is InChI=1S/C18H22N6S/c1-2-25-18-19-11-14(12-20-18)13-23-7-9-24(10-8-23)17-21-15-5-3-4-6-16(15)22-17/h3-6,11-12H,2,7-10,13H2,1H3,(H,21,22). The van der Waals surface area contributed by atoms with Crippen molar-refractivity contribution in [1.82, 2.24) is 24.8 Å². The van der Waals surface area contributed by atoms with E-state index in [0.717, 1.165) is 60.6 Å². The first-order chi connectivity index (χ1) is 12.3. The highest BCUT2D eigenvalue weighted by molar-refractivity contribution is 7.99. The largest absolute Gasteiger partial charge is 0.340 e. The number of para-hydroxylation sites is 2. The smallest absolute Gasteiger partial charge is 0.203 e. The molecule has 0 radical (unpaired) electrons. The van der Waals surface area contributed by atoms with Crippen LogP contribution in [0.15, 0.2) is 41.8 Å². The zero-order valence-electron chi connectivity index (χ0n) is 14.4. The van der Waals surface area contributed by atoms with E-state index < -0.39 is 0 Å². The number of aromatic nitrogens is 4. The van der Waals surface area contributed by atoms with Crippen LogP contribution in [0.5, 0.6) is 0 Å². The summed E-state index contributed by atoms with van der Waals surface area (Å²) in [5, 5.41) is 0.862. The Bertz CT molecular complexity index is 790. The Hall–Kier alpha value is -2.12. The van der Waals surface area contributed by atoms with Crippen molar-refractivity contribution < 1.29 is 0 Å². The second-order valence-corrected chi connectivity index (χ2v) is 7.38. The van der Waals surface area contributed by atoms with Gasteiger partial charge in [-0.1, -0.05) is 30.8 Å². The molecule has 2 aromatic heterocycles.